The summed E-state index contributed by atoms with van der Waals surface area (Å²) in [5.74, 6) is -0.846. The molecule has 2 heterocycles. The number of carbonyl (C=O) groups excluding carboxylic acids is 2. The first-order chi connectivity index (χ1) is 13.1. The second-order valence-corrected chi connectivity index (χ2v) is 6.59. The van der Waals surface area contributed by atoms with Crippen molar-refractivity contribution >= 4 is 22.8 Å². The minimum atomic E-state index is -0.370. The van der Waals surface area contributed by atoms with Gasteiger partial charge in [0.2, 0.25) is 0 Å². The van der Waals surface area contributed by atoms with Gasteiger partial charge in [-0.3, -0.25) is 9.59 Å². The molecule has 3 aromatic rings. The van der Waals surface area contributed by atoms with Crippen LogP contribution < -0.4 is 0 Å². The van der Waals surface area contributed by atoms with Gasteiger partial charge in [0.1, 0.15) is 12.4 Å². The van der Waals surface area contributed by atoms with Crippen LogP contribution >= 0.6 is 0 Å². The normalized spacial score (nSPS) is 13.5. The van der Waals surface area contributed by atoms with Crippen LogP contribution in [0.5, 0.6) is 0 Å². The first-order valence-electron chi connectivity index (χ1n) is 8.79. The average molecular weight is 366 g/mol. The number of ether oxygens (including phenoxy) is 1. The largest absolute Gasteiger partial charge is 0.468 e. The van der Waals surface area contributed by atoms with Crippen LogP contribution in [0.15, 0.2) is 48.5 Å². The maximum atomic E-state index is 13.1. The number of hydrogen-bond acceptors (Lipinski definition) is 3. The van der Waals surface area contributed by atoms with Gasteiger partial charge in [-0.05, 0) is 42.3 Å². The summed E-state index contributed by atoms with van der Waals surface area (Å²) in [6, 6.07) is 13.5. The molecule has 27 heavy (non-hydrogen) atoms. The van der Waals surface area contributed by atoms with E-state index in [0.717, 1.165) is 22.2 Å². The summed E-state index contributed by atoms with van der Waals surface area (Å²) in [6.45, 7) is 1.08. The van der Waals surface area contributed by atoms with Gasteiger partial charge in [0, 0.05) is 28.7 Å². The number of para-hydroxylation sites is 1. The van der Waals surface area contributed by atoms with Crippen molar-refractivity contribution in [3.05, 3.63) is 71.2 Å². The van der Waals surface area contributed by atoms with Crippen molar-refractivity contribution in [2.75, 3.05) is 13.7 Å². The Morgan fingerprint density at radius 1 is 1.11 bits per heavy atom. The maximum absolute atomic E-state index is 13.1. The van der Waals surface area contributed by atoms with E-state index in [2.05, 4.69) is 0 Å². The Morgan fingerprint density at radius 2 is 1.85 bits per heavy atom. The first-order valence-corrected chi connectivity index (χ1v) is 8.79. The Balaban J connectivity index is 1.71. The van der Waals surface area contributed by atoms with Crippen molar-refractivity contribution in [3.8, 4) is 0 Å². The van der Waals surface area contributed by atoms with E-state index in [4.69, 9.17) is 4.74 Å². The number of rotatable bonds is 3. The molecule has 1 amide bonds. The number of carbonyl (C=O) groups is 2. The molecule has 0 bridgehead atoms. The molecule has 0 saturated heterocycles. The van der Waals surface area contributed by atoms with Crippen molar-refractivity contribution in [3.63, 3.8) is 0 Å². The van der Waals surface area contributed by atoms with Crippen LogP contribution in [0.4, 0.5) is 4.39 Å². The van der Waals surface area contributed by atoms with E-state index in [1.54, 1.807) is 4.90 Å². The monoisotopic (exact) mass is 366 g/mol. The average Bonchev–Trinajstić information content (AvgIpc) is 3.01. The second kappa shape index (κ2) is 6.87. The third kappa shape index (κ3) is 3.07. The first kappa shape index (κ1) is 17.3. The van der Waals surface area contributed by atoms with E-state index in [0.29, 0.717) is 25.1 Å². The summed E-state index contributed by atoms with van der Waals surface area (Å²) in [5, 5.41) is 1.10. The van der Waals surface area contributed by atoms with Crippen LogP contribution in [0.3, 0.4) is 0 Å². The van der Waals surface area contributed by atoms with E-state index >= 15 is 0 Å². The van der Waals surface area contributed by atoms with Gasteiger partial charge in [0.05, 0.1) is 13.7 Å². The van der Waals surface area contributed by atoms with Gasteiger partial charge in [0.25, 0.3) is 5.91 Å². The molecule has 0 saturated carbocycles. The lowest BCUT2D eigenvalue weighted by Gasteiger charge is -2.28. The van der Waals surface area contributed by atoms with Crippen LogP contribution in [-0.4, -0.2) is 35.0 Å². The lowest BCUT2D eigenvalue weighted by Crippen LogP contribution is -2.37. The SMILES string of the molecule is COC(=O)Cn1c2c(c3ccccc31)CCN(C(=O)c1ccc(F)cc1)C2. The molecule has 0 aliphatic carbocycles. The molecule has 5 nitrogen and oxygen atoms in total. The summed E-state index contributed by atoms with van der Waals surface area (Å²) < 4.78 is 19.9. The van der Waals surface area contributed by atoms with Gasteiger partial charge in [0.15, 0.2) is 0 Å². The van der Waals surface area contributed by atoms with E-state index in [9.17, 15) is 14.0 Å². The molecule has 2 aromatic carbocycles. The zero-order chi connectivity index (χ0) is 19.0. The van der Waals surface area contributed by atoms with Crippen molar-refractivity contribution in [1.29, 1.82) is 0 Å². The number of benzene rings is 2. The maximum Gasteiger partial charge on any atom is 0.325 e. The molecule has 1 aromatic heterocycles. The summed E-state index contributed by atoms with van der Waals surface area (Å²) in [7, 11) is 1.37. The zero-order valence-corrected chi connectivity index (χ0v) is 14.9. The highest BCUT2D eigenvalue weighted by atomic mass is 19.1. The van der Waals surface area contributed by atoms with Gasteiger partial charge in [-0.15, -0.1) is 0 Å². The summed E-state index contributed by atoms with van der Waals surface area (Å²) in [6.07, 6.45) is 0.705. The lowest BCUT2D eigenvalue weighted by molar-refractivity contribution is -0.141. The van der Waals surface area contributed by atoms with Gasteiger partial charge < -0.3 is 14.2 Å². The molecule has 0 unspecified atom stereocenters. The quantitative estimate of drug-likeness (QED) is 0.669. The Labute approximate surface area is 156 Å². The summed E-state index contributed by atoms with van der Waals surface area (Å²) in [5.41, 5.74) is 3.53. The lowest BCUT2D eigenvalue weighted by atomic mass is 10.0. The molecule has 0 spiro atoms. The molecular formula is C21H19FN2O3. The molecule has 1 aliphatic rings. The minimum Gasteiger partial charge on any atom is -0.468 e. The van der Waals surface area contributed by atoms with Gasteiger partial charge in [-0.25, -0.2) is 4.39 Å². The van der Waals surface area contributed by atoms with E-state index < -0.39 is 0 Å². The van der Waals surface area contributed by atoms with E-state index in [-0.39, 0.29) is 24.2 Å². The van der Waals surface area contributed by atoms with Crippen LogP contribution in [0.25, 0.3) is 10.9 Å². The summed E-state index contributed by atoms with van der Waals surface area (Å²) >= 11 is 0. The fourth-order valence-electron chi connectivity index (χ4n) is 3.72. The molecule has 0 radical (unpaired) electrons. The Kier molecular flexibility index (Phi) is 4.39. The highest BCUT2D eigenvalue weighted by Gasteiger charge is 2.27. The second-order valence-electron chi connectivity index (χ2n) is 6.59. The van der Waals surface area contributed by atoms with Crippen molar-refractivity contribution in [1.82, 2.24) is 9.47 Å². The molecule has 6 heteroatoms. The highest BCUT2D eigenvalue weighted by Crippen LogP contribution is 2.31. The highest BCUT2D eigenvalue weighted by molar-refractivity contribution is 5.95. The van der Waals surface area contributed by atoms with Crippen LogP contribution in [0, 0.1) is 5.82 Å². The standard InChI is InChI=1S/C21H19FN2O3/c1-27-20(25)13-24-18-5-3-2-4-16(18)17-10-11-23(12-19(17)24)21(26)14-6-8-15(22)9-7-14/h2-9H,10-13H2,1H3. The van der Waals surface area contributed by atoms with Gasteiger partial charge >= 0.3 is 5.97 Å². The number of hydrogen-bond donors (Lipinski definition) is 0. The molecule has 0 fully saturated rings. The van der Waals surface area contributed by atoms with Gasteiger partial charge in [-0.1, -0.05) is 18.2 Å². The predicted octanol–water partition coefficient (Wildman–Crippen LogP) is 3.15. The predicted molar refractivity (Wildman–Crippen MR) is 98.8 cm³/mol. The molecule has 138 valence electrons. The minimum absolute atomic E-state index is 0.102. The van der Waals surface area contributed by atoms with Crippen LogP contribution in [0.2, 0.25) is 0 Å². The topological polar surface area (TPSA) is 51.5 Å². The number of halogens is 1. The van der Waals surface area contributed by atoms with E-state index in [1.165, 1.54) is 31.4 Å². The fraction of sp³-hybridized carbons (Fsp3) is 0.238. The number of methoxy groups -OCH3 is 1. The van der Waals surface area contributed by atoms with Crippen LogP contribution in [-0.2, 0) is 29.0 Å². The van der Waals surface area contributed by atoms with Gasteiger partial charge in [-0.2, -0.15) is 0 Å². The Morgan fingerprint density at radius 3 is 2.59 bits per heavy atom. The Bertz CT molecular complexity index is 1020. The smallest absolute Gasteiger partial charge is 0.325 e. The van der Waals surface area contributed by atoms with Crippen molar-refractivity contribution in [2.45, 2.75) is 19.5 Å². The van der Waals surface area contributed by atoms with E-state index in [1.807, 2.05) is 28.8 Å². The molecular weight excluding hydrogens is 347 g/mol. The number of amides is 1. The number of esters is 1. The molecule has 0 N–H and O–H groups in total. The number of nitrogens with zero attached hydrogens (tertiary/aromatic N) is 2. The fourth-order valence-corrected chi connectivity index (χ4v) is 3.72. The molecule has 4 rings (SSSR count). The molecule has 1 aliphatic heterocycles. The van der Waals surface area contributed by atoms with Crippen molar-refractivity contribution < 1.29 is 18.7 Å². The summed E-state index contributed by atoms with van der Waals surface area (Å²) in [4.78, 5) is 26.5. The number of aromatic nitrogens is 1. The molecule has 0 atom stereocenters. The Hall–Kier alpha value is -3.15. The third-order valence-electron chi connectivity index (χ3n) is 5.06. The number of fused-ring (bicyclic) bond motifs is 3. The van der Waals surface area contributed by atoms with Crippen molar-refractivity contribution in [2.24, 2.45) is 0 Å². The zero-order valence-electron chi connectivity index (χ0n) is 14.9. The van der Waals surface area contributed by atoms with Crippen LogP contribution in [0.1, 0.15) is 21.6 Å². The third-order valence-corrected chi connectivity index (χ3v) is 5.06.